The third-order valence-electron chi connectivity index (χ3n) is 5.92. The fraction of sp³-hybridized carbons (Fsp3) is 0.500. The van der Waals surface area contributed by atoms with Crippen LogP contribution in [0.4, 0.5) is 17.2 Å². The van der Waals surface area contributed by atoms with Crippen LogP contribution in [-0.4, -0.2) is 47.9 Å². The van der Waals surface area contributed by atoms with Crippen LogP contribution in [0.25, 0.3) is 0 Å². The van der Waals surface area contributed by atoms with E-state index in [0.29, 0.717) is 45.8 Å². The number of anilines is 3. The molecule has 0 spiro atoms. The first kappa shape index (κ1) is 21.2. The molecule has 9 nitrogen and oxygen atoms in total. The summed E-state index contributed by atoms with van der Waals surface area (Å²) in [5, 5.41) is 0. The van der Waals surface area contributed by atoms with E-state index >= 15 is 0 Å². The number of nitrogen functional groups attached to an aromatic ring is 1. The van der Waals surface area contributed by atoms with Gasteiger partial charge in [-0.25, -0.2) is 9.36 Å². The summed E-state index contributed by atoms with van der Waals surface area (Å²) in [5.41, 5.74) is 7.45. The number of morpholine rings is 1. The van der Waals surface area contributed by atoms with E-state index < -0.39 is 11.2 Å². The minimum absolute atomic E-state index is 0.158. The average Bonchev–Trinajstić information content (AvgIpc) is 2.80. The molecule has 1 fully saturated rings. The number of hydrogen-bond acceptors (Lipinski definition) is 6. The number of nitrogens with two attached hydrogens (primary N) is 1. The molecule has 1 aromatic carbocycles. The predicted molar refractivity (Wildman–Crippen MR) is 120 cm³/mol. The third-order valence-corrected chi connectivity index (χ3v) is 5.92. The van der Waals surface area contributed by atoms with Gasteiger partial charge in [0.15, 0.2) is 0 Å². The number of aryl methyl sites for hydroxylation is 1. The monoisotopic (exact) mass is 427 g/mol. The lowest BCUT2D eigenvalue weighted by Crippen LogP contribution is -2.49. The molecule has 0 saturated carbocycles. The zero-order valence-corrected chi connectivity index (χ0v) is 17.9. The molecule has 2 aliphatic rings. The molecule has 0 aliphatic carbocycles. The quantitative estimate of drug-likeness (QED) is 0.758. The van der Waals surface area contributed by atoms with Crippen molar-refractivity contribution in [2.75, 3.05) is 48.4 Å². The van der Waals surface area contributed by atoms with Crippen molar-refractivity contribution >= 4 is 23.1 Å². The standard InChI is InChI=1S/C22H29N5O4/c1-2-9-26-20(23)19(24-11-13-31-14-12-24)21(29)27(22(26)30)15-18(28)25-10-5-7-16-6-3-4-8-17(16)25/h3-4,6,8H,2,5,7,9-15,23H2,1H3. The van der Waals surface area contributed by atoms with Crippen molar-refractivity contribution in [3.05, 3.63) is 50.7 Å². The summed E-state index contributed by atoms with van der Waals surface area (Å²) >= 11 is 0. The first-order chi connectivity index (χ1) is 15.0. The number of carbonyl (C=O) groups excluding carboxylic acids is 1. The van der Waals surface area contributed by atoms with Crippen molar-refractivity contribution in [1.29, 1.82) is 0 Å². The molecule has 3 heterocycles. The average molecular weight is 428 g/mol. The lowest BCUT2D eigenvalue weighted by molar-refractivity contribution is -0.119. The van der Waals surface area contributed by atoms with Gasteiger partial charge in [-0.05, 0) is 30.9 Å². The highest BCUT2D eigenvalue weighted by Gasteiger charge is 2.27. The van der Waals surface area contributed by atoms with Crippen LogP contribution in [0.2, 0.25) is 0 Å². The van der Waals surface area contributed by atoms with Gasteiger partial charge < -0.3 is 20.3 Å². The van der Waals surface area contributed by atoms with E-state index in [9.17, 15) is 14.4 Å². The van der Waals surface area contributed by atoms with Crippen LogP contribution in [0.3, 0.4) is 0 Å². The van der Waals surface area contributed by atoms with Crippen molar-refractivity contribution < 1.29 is 9.53 Å². The predicted octanol–water partition coefficient (Wildman–Crippen LogP) is 0.818. The summed E-state index contributed by atoms with van der Waals surface area (Å²) in [6, 6.07) is 7.77. The Morgan fingerprint density at radius 2 is 1.84 bits per heavy atom. The number of amides is 1. The summed E-state index contributed by atoms with van der Waals surface area (Å²) < 4.78 is 7.83. The largest absolute Gasteiger partial charge is 0.383 e. The summed E-state index contributed by atoms with van der Waals surface area (Å²) in [4.78, 5) is 43.2. The Bertz CT molecular complexity index is 1080. The maximum Gasteiger partial charge on any atom is 0.333 e. The van der Waals surface area contributed by atoms with Crippen LogP contribution < -0.4 is 26.8 Å². The molecule has 0 unspecified atom stereocenters. The first-order valence-corrected chi connectivity index (χ1v) is 10.9. The maximum absolute atomic E-state index is 13.3. The fourth-order valence-corrected chi connectivity index (χ4v) is 4.38. The zero-order chi connectivity index (χ0) is 22.0. The Morgan fingerprint density at radius 1 is 1.10 bits per heavy atom. The Morgan fingerprint density at radius 3 is 2.58 bits per heavy atom. The molecule has 166 valence electrons. The molecule has 4 rings (SSSR count). The van der Waals surface area contributed by atoms with Crippen LogP contribution in [0.15, 0.2) is 33.9 Å². The lowest BCUT2D eigenvalue weighted by atomic mass is 10.0. The van der Waals surface area contributed by atoms with E-state index in [1.807, 2.05) is 36.1 Å². The van der Waals surface area contributed by atoms with Gasteiger partial charge in [0.2, 0.25) is 5.91 Å². The summed E-state index contributed by atoms with van der Waals surface area (Å²) in [6.45, 7) is 4.56. The normalized spacial score (nSPS) is 16.3. The molecule has 0 atom stereocenters. The minimum Gasteiger partial charge on any atom is -0.383 e. The molecule has 9 heteroatoms. The summed E-state index contributed by atoms with van der Waals surface area (Å²) in [7, 11) is 0. The first-order valence-electron chi connectivity index (χ1n) is 10.9. The Kier molecular flexibility index (Phi) is 6.13. The van der Waals surface area contributed by atoms with E-state index in [1.165, 1.54) is 4.57 Å². The van der Waals surface area contributed by atoms with Crippen LogP contribution in [0.5, 0.6) is 0 Å². The number of para-hydroxylation sites is 1. The van der Waals surface area contributed by atoms with Gasteiger partial charge in [0.1, 0.15) is 18.1 Å². The highest BCUT2D eigenvalue weighted by atomic mass is 16.5. The SMILES string of the molecule is CCCn1c(N)c(N2CCOCC2)c(=O)n(CC(=O)N2CCCc3ccccc32)c1=O. The lowest BCUT2D eigenvalue weighted by Gasteiger charge is -2.31. The zero-order valence-electron chi connectivity index (χ0n) is 17.9. The molecule has 2 aliphatic heterocycles. The molecule has 1 saturated heterocycles. The number of nitrogens with zero attached hydrogens (tertiary/aromatic N) is 4. The number of ether oxygens (including phenoxy) is 1. The van der Waals surface area contributed by atoms with Crippen molar-refractivity contribution in [2.45, 2.75) is 39.3 Å². The van der Waals surface area contributed by atoms with Crippen LogP contribution in [-0.2, 0) is 29.0 Å². The molecule has 1 amide bonds. The minimum atomic E-state index is -0.542. The van der Waals surface area contributed by atoms with Crippen LogP contribution in [0, 0.1) is 0 Å². The van der Waals surface area contributed by atoms with Crippen LogP contribution in [0.1, 0.15) is 25.3 Å². The van der Waals surface area contributed by atoms with Crippen molar-refractivity contribution in [2.24, 2.45) is 0 Å². The van der Waals surface area contributed by atoms with E-state index in [0.717, 1.165) is 28.7 Å². The summed E-state index contributed by atoms with van der Waals surface area (Å²) in [6.07, 6.45) is 2.43. The third kappa shape index (κ3) is 3.97. The molecule has 0 bridgehead atoms. The van der Waals surface area contributed by atoms with Gasteiger partial charge in [-0.3, -0.25) is 14.2 Å². The molecule has 2 aromatic rings. The van der Waals surface area contributed by atoms with Crippen molar-refractivity contribution in [1.82, 2.24) is 9.13 Å². The maximum atomic E-state index is 13.3. The molecular formula is C22H29N5O4. The van der Waals surface area contributed by atoms with Gasteiger partial charge in [-0.2, -0.15) is 0 Å². The van der Waals surface area contributed by atoms with Gasteiger partial charge >= 0.3 is 5.69 Å². The van der Waals surface area contributed by atoms with E-state index in [2.05, 4.69) is 0 Å². The number of carbonyl (C=O) groups is 1. The van der Waals surface area contributed by atoms with Gasteiger partial charge in [-0.1, -0.05) is 25.1 Å². The van der Waals surface area contributed by atoms with Gasteiger partial charge in [0.05, 0.1) is 13.2 Å². The van der Waals surface area contributed by atoms with Gasteiger partial charge in [0, 0.05) is 31.9 Å². The number of rotatable bonds is 5. The Labute approximate surface area is 180 Å². The molecule has 2 N–H and O–H groups in total. The number of aromatic nitrogens is 2. The van der Waals surface area contributed by atoms with Crippen LogP contribution >= 0.6 is 0 Å². The molecule has 31 heavy (non-hydrogen) atoms. The molecule has 1 aromatic heterocycles. The van der Waals surface area contributed by atoms with E-state index in [-0.39, 0.29) is 24.0 Å². The second-order valence-electron chi connectivity index (χ2n) is 7.94. The highest BCUT2D eigenvalue weighted by Crippen LogP contribution is 2.27. The van der Waals surface area contributed by atoms with Crippen molar-refractivity contribution in [3.8, 4) is 0 Å². The smallest absolute Gasteiger partial charge is 0.333 e. The second-order valence-corrected chi connectivity index (χ2v) is 7.94. The Balaban J connectivity index is 1.74. The van der Waals surface area contributed by atoms with Crippen molar-refractivity contribution in [3.63, 3.8) is 0 Å². The Hall–Kier alpha value is -3.07. The highest BCUT2D eigenvalue weighted by molar-refractivity contribution is 5.94. The number of hydrogen-bond donors (Lipinski definition) is 1. The van der Waals surface area contributed by atoms with E-state index in [4.69, 9.17) is 10.5 Å². The topological polar surface area (TPSA) is 103 Å². The summed E-state index contributed by atoms with van der Waals surface area (Å²) in [5.74, 6) is -0.113. The van der Waals surface area contributed by atoms with Gasteiger partial charge in [0.25, 0.3) is 5.56 Å². The molecule has 0 radical (unpaired) electrons. The van der Waals surface area contributed by atoms with Gasteiger partial charge in [-0.15, -0.1) is 0 Å². The number of benzene rings is 1. The number of fused-ring (bicyclic) bond motifs is 1. The second kappa shape index (κ2) is 8.97. The fourth-order valence-electron chi connectivity index (χ4n) is 4.38. The van der Waals surface area contributed by atoms with E-state index in [1.54, 1.807) is 4.90 Å². The molecular weight excluding hydrogens is 398 g/mol.